The minimum Gasteiger partial charge on any atom is -0.477 e. The van der Waals surface area contributed by atoms with Crippen LogP contribution < -0.4 is 10.6 Å². The molecule has 6 nitrogen and oxygen atoms in total. The fourth-order valence-electron chi connectivity index (χ4n) is 1.28. The van der Waals surface area contributed by atoms with Crippen molar-refractivity contribution in [2.24, 2.45) is 0 Å². The number of aromatic amines is 1. The molecule has 0 aliphatic heterocycles. The first kappa shape index (κ1) is 12.1. The number of aromatic carboxylic acids is 1. The number of carbonyl (C=O) groups excluding carboxylic acids is 1. The number of hydrogen-bond donors (Lipinski definition) is 4. The van der Waals surface area contributed by atoms with Gasteiger partial charge in [-0.2, -0.15) is 0 Å². The zero-order chi connectivity index (χ0) is 12.3. The van der Waals surface area contributed by atoms with Gasteiger partial charge in [-0.25, -0.2) is 9.59 Å². The van der Waals surface area contributed by atoms with Gasteiger partial charge in [0.25, 0.3) is 0 Å². The molecule has 0 fully saturated rings. The molecule has 0 aromatic carbocycles. The summed E-state index contributed by atoms with van der Waals surface area (Å²) in [6, 6.07) is 1.15. The Kier molecular flexibility index (Phi) is 3.55. The number of hydrogen-bond acceptors (Lipinski definition) is 2. The predicted molar refractivity (Wildman–Crippen MR) is 59.8 cm³/mol. The first-order chi connectivity index (χ1) is 7.40. The largest absolute Gasteiger partial charge is 0.477 e. The molecule has 0 aliphatic carbocycles. The van der Waals surface area contributed by atoms with E-state index in [9.17, 15) is 9.59 Å². The summed E-state index contributed by atoms with van der Waals surface area (Å²) in [5.74, 6) is -1.10. The number of carboxylic acids is 1. The quantitative estimate of drug-likeness (QED) is 0.628. The van der Waals surface area contributed by atoms with Gasteiger partial charge >= 0.3 is 12.0 Å². The summed E-state index contributed by atoms with van der Waals surface area (Å²) in [7, 11) is 0. The highest BCUT2D eigenvalue weighted by Crippen LogP contribution is 2.16. The Morgan fingerprint density at radius 2 is 2.06 bits per heavy atom. The molecule has 1 rings (SSSR count). The van der Waals surface area contributed by atoms with Crippen molar-refractivity contribution >= 4 is 17.7 Å². The standard InChI is InChI=1S/C10H15N3O3/c1-5(2)11-10(16)13-7-4-6(3)12-8(7)9(14)15/h4-5,12H,1-3H3,(H,14,15)(H2,11,13,16). The van der Waals surface area contributed by atoms with Crippen LogP contribution >= 0.6 is 0 Å². The molecule has 16 heavy (non-hydrogen) atoms. The Morgan fingerprint density at radius 1 is 1.44 bits per heavy atom. The van der Waals surface area contributed by atoms with E-state index >= 15 is 0 Å². The van der Waals surface area contributed by atoms with E-state index in [0.29, 0.717) is 5.69 Å². The van der Waals surface area contributed by atoms with Crippen LogP contribution in [0.25, 0.3) is 0 Å². The third-order valence-electron chi connectivity index (χ3n) is 1.83. The lowest BCUT2D eigenvalue weighted by Crippen LogP contribution is -2.34. The molecule has 0 atom stereocenters. The molecule has 0 unspecified atom stereocenters. The van der Waals surface area contributed by atoms with Gasteiger partial charge in [0, 0.05) is 11.7 Å². The number of urea groups is 1. The molecule has 1 aromatic heterocycles. The lowest BCUT2D eigenvalue weighted by molar-refractivity contribution is 0.0692. The Bertz CT molecular complexity index is 409. The van der Waals surface area contributed by atoms with Gasteiger partial charge < -0.3 is 20.7 Å². The normalized spacial score (nSPS) is 10.2. The first-order valence-corrected chi connectivity index (χ1v) is 4.90. The number of aromatic nitrogens is 1. The molecule has 1 heterocycles. The van der Waals surface area contributed by atoms with Crippen LogP contribution in [0.1, 0.15) is 30.0 Å². The van der Waals surface area contributed by atoms with E-state index in [0.717, 1.165) is 0 Å². The van der Waals surface area contributed by atoms with Crippen LogP contribution in [0.3, 0.4) is 0 Å². The molecular formula is C10H15N3O3. The fourth-order valence-corrected chi connectivity index (χ4v) is 1.28. The maximum atomic E-state index is 11.4. The van der Waals surface area contributed by atoms with Crippen LogP contribution in [0.15, 0.2) is 6.07 Å². The SMILES string of the molecule is Cc1cc(NC(=O)NC(C)C)c(C(=O)O)[nH]1. The molecule has 0 radical (unpaired) electrons. The van der Waals surface area contributed by atoms with Gasteiger partial charge in [0.1, 0.15) is 5.69 Å². The van der Waals surface area contributed by atoms with Crippen molar-refractivity contribution in [1.29, 1.82) is 0 Å². The third-order valence-corrected chi connectivity index (χ3v) is 1.83. The highest BCUT2D eigenvalue weighted by Gasteiger charge is 2.15. The van der Waals surface area contributed by atoms with Crippen LogP contribution in [0.5, 0.6) is 0 Å². The highest BCUT2D eigenvalue weighted by atomic mass is 16.4. The number of H-pyrrole nitrogens is 1. The minimum atomic E-state index is -1.10. The molecule has 0 bridgehead atoms. The van der Waals surface area contributed by atoms with Crippen molar-refractivity contribution in [3.05, 3.63) is 17.5 Å². The Labute approximate surface area is 93.0 Å². The van der Waals surface area contributed by atoms with E-state index in [2.05, 4.69) is 15.6 Å². The Morgan fingerprint density at radius 3 is 2.56 bits per heavy atom. The lowest BCUT2D eigenvalue weighted by atomic mass is 10.3. The summed E-state index contributed by atoms with van der Waals surface area (Å²) >= 11 is 0. The van der Waals surface area contributed by atoms with Crippen molar-refractivity contribution in [3.8, 4) is 0 Å². The maximum Gasteiger partial charge on any atom is 0.354 e. The first-order valence-electron chi connectivity index (χ1n) is 4.90. The number of rotatable bonds is 3. The van der Waals surface area contributed by atoms with E-state index < -0.39 is 12.0 Å². The second-order valence-electron chi connectivity index (χ2n) is 3.80. The smallest absolute Gasteiger partial charge is 0.354 e. The summed E-state index contributed by atoms with van der Waals surface area (Å²) in [4.78, 5) is 24.9. The summed E-state index contributed by atoms with van der Waals surface area (Å²) in [6.45, 7) is 5.36. The lowest BCUT2D eigenvalue weighted by Gasteiger charge is -2.09. The van der Waals surface area contributed by atoms with Crippen molar-refractivity contribution < 1.29 is 14.7 Å². The van der Waals surface area contributed by atoms with E-state index in [1.54, 1.807) is 13.0 Å². The molecule has 0 saturated heterocycles. The Hall–Kier alpha value is -1.98. The van der Waals surface area contributed by atoms with E-state index in [-0.39, 0.29) is 17.4 Å². The molecular weight excluding hydrogens is 210 g/mol. The number of amides is 2. The predicted octanol–water partition coefficient (Wildman–Crippen LogP) is 1.55. The third kappa shape index (κ3) is 3.01. The van der Waals surface area contributed by atoms with Crippen LogP contribution in [-0.2, 0) is 0 Å². The molecule has 4 N–H and O–H groups in total. The molecule has 2 amide bonds. The monoisotopic (exact) mass is 225 g/mol. The van der Waals surface area contributed by atoms with Crippen LogP contribution in [-0.4, -0.2) is 28.1 Å². The Balaban J connectivity index is 2.80. The number of nitrogens with one attached hydrogen (secondary N) is 3. The number of carboxylic acid groups (broad SMARTS) is 1. The molecule has 0 saturated carbocycles. The molecule has 0 spiro atoms. The molecule has 1 aromatic rings. The summed E-state index contributed by atoms with van der Waals surface area (Å²) in [5, 5.41) is 14.0. The van der Waals surface area contributed by atoms with E-state index in [1.807, 2.05) is 13.8 Å². The second kappa shape index (κ2) is 4.69. The summed E-state index contributed by atoms with van der Waals surface area (Å²) in [6.07, 6.45) is 0. The topological polar surface area (TPSA) is 94.2 Å². The van der Waals surface area contributed by atoms with Crippen molar-refractivity contribution in [3.63, 3.8) is 0 Å². The molecule has 6 heteroatoms. The van der Waals surface area contributed by atoms with E-state index in [1.165, 1.54) is 0 Å². The summed E-state index contributed by atoms with van der Waals surface area (Å²) in [5.41, 5.74) is 0.928. The molecule has 88 valence electrons. The van der Waals surface area contributed by atoms with Gasteiger partial charge in [-0.15, -0.1) is 0 Å². The zero-order valence-corrected chi connectivity index (χ0v) is 9.42. The number of carbonyl (C=O) groups is 2. The van der Waals surface area contributed by atoms with Gasteiger partial charge in [0.2, 0.25) is 0 Å². The average molecular weight is 225 g/mol. The highest BCUT2D eigenvalue weighted by molar-refractivity contribution is 5.99. The van der Waals surface area contributed by atoms with Gasteiger partial charge in [0.05, 0.1) is 5.69 Å². The van der Waals surface area contributed by atoms with Crippen molar-refractivity contribution in [2.45, 2.75) is 26.8 Å². The van der Waals surface area contributed by atoms with Gasteiger partial charge in [0.15, 0.2) is 0 Å². The molecule has 0 aliphatic rings. The summed E-state index contributed by atoms with van der Waals surface area (Å²) < 4.78 is 0. The minimum absolute atomic E-state index is 0.00619. The van der Waals surface area contributed by atoms with Crippen LogP contribution in [0.4, 0.5) is 10.5 Å². The van der Waals surface area contributed by atoms with Crippen LogP contribution in [0.2, 0.25) is 0 Å². The van der Waals surface area contributed by atoms with Gasteiger partial charge in [-0.05, 0) is 26.8 Å². The zero-order valence-electron chi connectivity index (χ0n) is 9.42. The van der Waals surface area contributed by atoms with Crippen molar-refractivity contribution in [2.75, 3.05) is 5.32 Å². The van der Waals surface area contributed by atoms with Gasteiger partial charge in [-0.3, -0.25) is 0 Å². The maximum absolute atomic E-state index is 11.4. The number of aryl methyl sites for hydroxylation is 1. The number of anilines is 1. The van der Waals surface area contributed by atoms with Crippen LogP contribution in [0, 0.1) is 6.92 Å². The van der Waals surface area contributed by atoms with Gasteiger partial charge in [-0.1, -0.05) is 0 Å². The fraction of sp³-hybridized carbons (Fsp3) is 0.400. The van der Waals surface area contributed by atoms with Crippen molar-refractivity contribution in [1.82, 2.24) is 10.3 Å². The van der Waals surface area contributed by atoms with E-state index in [4.69, 9.17) is 5.11 Å². The second-order valence-corrected chi connectivity index (χ2v) is 3.80. The average Bonchev–Trinajstić information content (AvgIpc) is 2.44.